The number of aldehydes is 1. The molecule has 0 saturated carbocycles. The molecule has 0 N–H and O–H groups in total. The maximum atomic E-state index is 11.1. The Morgan fingerprint density at radius 3 is 2.83 bits per heavy atom. The van der Waals surface area contributed by atoms with E-state index in [1.165, 1.54) is 0 Å². The first-order valence-corrected chi connectivity index (χ1v) is 6.47. The number of hydrogen-bond donors (Lipinski definition) is 0. The summed E-state index contributed by atoms with van der Waals surface area (Å²) in [6.45, 7) is 7.60. The molecule has 1 unspecified atom stereocenters. The van der Waals surface area contributed by atoms with E-state index in [9.17, 15) is 4.79 Å². The summed E-state index contributed by atoms with van der Waals surface area (Å²) in [5, 5.41) is 0.615. The second kappa shape index (κ2) is 4.90. The summed E-state index contributed by atoms with van der Waals surface area (Å²) in [5.74, 6) is 0. The molecule has 0 amide bonds. The lowest BCUT2D eigenvalue weighted by Gasteiger charge is -2.43. The van der Waals surface area contributed by atoms with Crippen LogP contribution in [0.1, 0.15) is 31.1 Å². The van der Waals surface area contributed by atoms with Crippen molar-refractivity contribution in [1.82, 2.24) is 0 Å². The molecular formula is C14H18ClNO2. The van der Waals surface area contributed by atoms with Crippen LogP contribution in [0.5, 0.6) is 0 Å². The van der Waals surface area contributed by atoms with Crippen molar-refractivity contribution in [2.75, 3.05) is 18.0 Å². The van der Waals surface area contributed by atoms with Crippen molar-refractivity contribution in [3.05, 3.63) is 28.8 Å². The lowest BCUT2D eigenvalue weighted by molar-refractivity contribution is -0.0749. The number of halogens is 1. The number of ether oxygens (including phenoxy) is 1. The number of rotatable bonds is 2. The highest BCUT2D eigenvalue weighted by atomic mass is 35.5. The standard InChI is InChI=1S/C14H18ClNO2/c1-10-7-16(9-14(2,3)18-10)13-11(8-17)5-4-6-12(13)15/h4-6,8,10H,7,9H2,1-3H3. The molecule has 18 heavy (non-hydrogen) atoms. The minimum atomic E-state index is -0.239. The number of carbonyl (C=O) groups excluding carboxylic acids is 1. The minimum Gasteiger partial charge on any atom is -0.369 e. The fourth-order valence-electron chi connectivity index (χ4n) is 2.58. The van der Waals surface area contributed by atoms with Crippen LogP contribution in [0.4, 0.5) is 5.69 Å². The Bertz CT molecular complexity index is 459. The predicted octanol–water partition coefficient (Wildman–Crippen LogP) is 3.16. The third-order valence-electron chi connectivity index (χ3n) is 3.03. The number of carbonyl (C=O) groups is 1. The van der Waals surface area contributed by atoms with Gasteiger partial charge in [-0.15, -0.1) is 0 Å². The van der Waals surface area contributed by atoms with Crippen molar-refractivity contribution < 1.29 is 9.53 Å². The zero-order chi connectivity index (χ0) is 13.3. The van der Waals surface area contributed by atoms with E-state index in [-0.39, 0.29) is 11.7 Å². The van der Waals surface area contributed by atoms with Crippen LogP contribution in [-0.4, -0.2) is 31.1 Å². The zero-order valence-electron chi connectivity index (χ0n) is 10.9. The van der Waals surface area contributed by atoms with E-state index in [0.717, 1.165) is 25.1 Å². The van der Waals surface area contributed by atoms with Crippen LogP contribution in [0.25, 0.3) is 0 Å². The molecule has 98 valence electrons. The first kappa shape index (κ1) is 13.4. The van der Waals surface area contributed by atoms with Crippen LogP contribution in [0.2, 0.25) is 5.02 Å². The third kappa shape index (κ3) is 2.68. The molecule has 3 nitrogen and oxygen atoms in total. The first-order chi connectivity index (χ1) is 8.43. The molecule has 1 fully saturated rings. The van der Waals surface area contributed by atoms with Crippen LogP contribution in [0.3, 0.4) is 0 Å². The summed E-state index contributed by atoms with van der Waals surface area (Å²) >= 11 is 6.24. The van der Waals surface area contributed by atoms with Crippen LogP contribution in [0.15, 0.2) is 18.2 Å². The number of anilines is 1. The fourth-order valence-corrected chi connectivity index (χ4v) is 2.89. The van der Waals surface area contributed by atoms with Gasteiger partial charge in [0.05, 0.1) is 22.4 Å². The number of para-hydroxylation sites is 1. The Morgan fingerprint density at radius 2 is 2.22 bits per heavy atom. The van der Waals surface area contributed by atoms with E-state index in [1.54, 1.807) is 12.1 Å². The second-order valence-corrected chi connectivity index (χ2v) is 5.77. The highest BCUT2D eigenvalue weighted by Gasteiger charge is 2.32. The van der Waals surface area contributed by atoms with E-state index in [0.29, 0.717) is 10.6 Å². The smallest absolute Gasteiger partial charge is 0.152 e. The van der Waals surface area contributed by atoms with Gasteiger partial charge >= 0.3 is 0 Å². The predicted molar refractivity (Wildman–Crippen MR) is 73.7 cm³/mol. The van der Waals surface area contributed by atoms with Crippen LogP contribution < -0.4 is 4.90 Å². The summed E-state index contributed by atoms with van der Waals surface area (Å²) in [6.07, 6.45) is 0.971. The molecule has 0 aromatic heterocycles. The zero-order valence-corrected chi connectivity index (χ0v) is 11.7. The Balaban J connectivity index is 2.39. The summed E-state index contributed by atoms with van der Waals surface area (Å²) in [5.41, 5.74) is 1.21. The molecule has 1 saturated heterocycles. The topological polar surface area (TPSA) is 29.5 Å². The van der Waals surface area contributed by atoms with Gasteiger partial charge in [0, 0.05) is 18.7 Å². The summed E-state index contributed by atoms with van der Waals surface area (Å²) < 4.78 is 5.87. The van der Waals surface area contributed by atoms with Gasteiger partial charge in [-0.2, -0.15) is 0 Å². The summed E-state index contributed by atoms with van der Waals surface area (Å²) in [7, 11) is 0. The lowest BCUT2D eigenvalue weighted by atomic mass is 10.0. The molecule has 1 aromatic carbocycles. The van der Waals surface area contributed by atoms with E-state index < -0.39 is 0 Å². The average molecular weight is 268 g/mol. The quantitative estimate of drug-likeness (QED) is 0.771. The highest BCUT2D eigenvalue weighted by Crippen LogP contribution is 2.33. The monoisotopic (exact) mass is 267 g/mol. The molecule has 1 aliphatic rings. The van der Waals surface area contributed by atoms with Crippen molar-refractivity contribution in [2.45, 2.75) is 32.5 Å². The Labute approximate surface area is 113 Å². The molecule has 1 aromatic rings. The fraction of sp³-hybridized carbons (Fsp3) is 0.500. The molecule has 4 heteroatoms. The van der Waals surface area contributed by atoms with Crippen molar-refractivity contribution >= 4 is 23.6 Å². The van der Waals surface area contributed by atoms with Gasteiger partial charge in [-0.3, -0.25) is 4.79 Å². The molecule has 1 heterocycles. The largest absolute Gasteiger partial charge is 0.369 e. The van der Waals surface area contributed by atoms with Gasteiger partial charge in [-0.1, -0.05) is 17.7 Å². The maximum absolute atomic E-state index is 11.1. The molecule has 0 radical (unpaired) electrons. The molecular weight excluding hydrogens is 250 g/mol. The van der Waals surface area contributed by atoms with Gasteiger partial charge in [0.1, 0.15) is 0 Å². The Morgan fingerprint density at radius 1 is 1.50 bits per heavy atom. The van der Waals surface area contributed by atoms with E-state index in [2.05, 4.69) is 4.90 Å². The van der Waals surface area contributed by atoms with E-state index in [1.807, 2.05) is 26.8 Å². The van der Waals surface area contributed by atoms with Crippen molar-refractivity contribution in [2.24, 2.45) is 0 Å². The van der Waals surface area contributed by atoms with Crippen LogP contribution in [-0.2, 0) is 4.74 Å². The summed E-state index contributed by atoms with van der Waals surface area (Å²) in [4.78, 5) is 13.3. The van der Waals surface area contributed by atoms with Crippen molar-refractivity contribution in [3.63, 3.8) is 0 Å². The molecule has 0 bridgehead atoms. The molecule has 0 aliphatic carbocycles. The third-order valence-corrected chi connectivity index (χ3v) is 3.34. The summed E-state index contributed by atoms with van der Waals surface area (Å²) in [6, 6.07) is 5.41. The molecule has 2 rings (SSSR count). The number of benzene rings is 1. The molecule has 1 atom stereocenters. The normalized spacial score (nSPS) is 22.9. The van der Waals surface area contributed by atoms with Crippen LogP contribution in [0, 0.1) is 0 Å². The van der Waals surface area contributed by atoms with Gasteiger partial charge in [-0.25, -0.2) is 0 Å². The van der Waals surface area contributed by atoms with Gasteiger partial charge in [-0.05, 0) is 32.9 Å². The van der Waals surface area contributed by atoms with Gasteiger partial charge in [0.2, 0.25) is 0 Å². The van der Waals surface area contributed by atoms with Gasteiger partial charge in [0.25, 0.3) is 0 Å². The van der Waals surface area contributed by atoms with Crippen molar-refractivity contribution in [1.29, 1.82) is 0 Å². The average Bonchev–Trinajstić information content (AvgIpc) is 2.25. The molecule has 0 spiro atoms. The lowest BCUT2D eigenvalue weighted by Crippen LogP contribution is -2.52. The van der Waals surface area contributed by atoms with Gasteiger partial charge < -0.3 is 9.64 Å². The second-order valence-electron chi connectivity index (χ2n) is 5.36. The Kier molecular flexibility index (Phi) is 3.64. The minimum absolute atomic E-state index is 0.115. The number of hydrogen-bond acceptors (Lipinski definition) is 3. The highest BCUT2D eigenvalue weighted by molar-refractivity contribution is 6.33. The van der Waals surface area contributed by atoms with E-state index in [4.69, 9.17) is 16.3 Å². The van der Waals surface area contributed by atoms with E-state index >= 15 is 0 Å². The van der Waals surface area contributed by atoms with Crippen LogP contribution >= 0.6 is 11.6 Å². The SMILES string of the molecule is CC1CN(c2c(Cl)cccc2C=O)CC(C)(C)O1. The first-order valence-electron chi connectivity index (χ1n) is 6.09. The molecule has 1 aliphatic heterocycles. The van der Waals surface area contributed by atoms with Gasteiger partial charge in [0.15, 0.2) is 6.29 Å². The number of morpholine rings is 1. The Hall–Kier alpha value is -1.06. The van der Waals surface area contributed by atoms with Crippen molar-refractivity contribution in [3.8, 4) is 0 Å². The number of nitrogens with zero attached hydrogens (tertiary/aromatic N) is 1. The maximum Gasteiger partial charge on any atom is 0.152 e.